The zero-order valence-corrected chi connectivity index (χ0v) is 12.1. The number of hydrogen-bond acceptors (Lipinski definition) is 2. The average molecular weight is 320 g/mol. The number of ether oxygens (including phenoxy) is 1. The van der Waals surface area contributed by atoms with Crippen molar-refractivity contribution in [3.05, 3.63) is 57.3 Å². The molecule has 0 bridgehead atoms. The van der Waals surface area contributed by atoms with Gasteiger partial charge in [-0.2, -0.15) is 5.26 Å². The van der Waals surface area contributed by atoms with Crippen molar-refractivity contribution in [2.24, 2.45) is 0 Å². The predicted molar refractivity (Wildman–Crippen MR) is 74.8 cm³/mol. The van der Waals surface area contributed by atoms with Crippen LogP contribution in [0.2, 0.25) is 0 Å². The molecule has 0 N–H and O–H groups in total. The van der Waals surface area contributed by atoms with Crippen LogP contribution in [0.5, 0.6) is 11.5 Å². The summed E-state index contributed by atoms with van der Waals surface area (Å²) < 4.78 is 19.9. The first kappa shape index (κ1) is 13.6. The van der Waals surface area contributed by atoms with Gasteiger partial charge in [-0.05, 0) is 49.2 Å². The van der Waals surface area contributed by atoms with Crippen molar-refractivity contribution in [2.45, 2.75) is 13.8 Å². The van der Waals surface area contributed by atoms with E-state index < -0.39 is 5.82 Å². The van der Waals surface area contributed by atoms with Gasteiger partial charge in [0.05, 0.1) is 11.6 Å². The Morgan fingerprint density at radius 2 is 1.63 bits per heavy atom. The lowest BCUT2D eigenvalue weighted by atomic mass is 10.1. The fourth-order valence-electron chi connectivity index (χ4n) is 1.79. The van der Waals surface area contributed by atoms with Gasteiger partial charge in [0, 0.05) is 10.5 Å². The van der Waals surface area contributed by atoms with E-state index in [1.165, 1.54) is 18.2 Å². The second-order valence-electron chi connectivity index (χ2n) is 4.26. The molecule has 2 nitrogen and oxygen atoms in total. The van der Waals surface area contributed by atoms with Crippen LogP contribution >= 0.6 is 15.9 Å². The molecule has 0 aliphatic rings. The molecule has 0 aromatic heterocycles. The molecule has 96 valence electrons. The summed E-state index contributed by atoms with van der Waals surface area (Å²) in [7, 11) is 0. The molecular weight excluding hydrogens is 309 g/mol. The van der Waals surface area contributed by atoms with Crippen LogP contribution in [0.15, 0.2) is 34.8 Å². The quantitative estimate of drug-likeness (QED) is 0.791. The first-order valence-corrected chi connectivity index (χ1v) is 6.44. The summed E-state index contributed by atoms with van der Waals surface area (Å²) in [5.74, 6) is 0.449. The number of halogens is 2. The first-order chi connectivity index (χ1) is 8.99. The molecule has 0 radical (unpaired) electrons. The summed E-state index contributed by atoms with van der Waals surface area (Å²) in [6, 6.07) is 9.55. The minimum absolute atomic E-state index is 0.237. The molecule has 0 saturated carbocycles. The maximum absolute atomic E-state index is 13.3. The lowest BCUT2D eigenvalue weighted by molar-refractivity contribution is 0.475. The molecule has 0 heterocycles. The molecule has 2 rings (SSSR count). The van der Waals surface area contributed by atoms with Crippen LogP contribution in [0.3, 0.4) is 0 Å². The van der Waals surface area contributed by atoms with Gasteiger partial charge in [0.15, 0.2) is 0 Å². The number of nitriles is 1. The number of hydrogen-bond donors (Lipinski definition) is 0. The molecule has 0 aliphatic heterocycles. The maximum atomic E-state index is 13.3. The minimum atomic E-state index is -0.486. The molecular formula is C15H11BrFNO. The van der Waals surface area contributed by atoms with Gasteiger partial charge < -0.3 is 4.74 Å². The van der Waals surface area contributed by atoms with E-state index >= 15 is 0 Å². The second-order valence-corrected chi connectivity index (χ2v) is 5.05. The monoisotopic (exact) mass is 319 g/mol. The molecule has 2 aromatic rings. The Bertz CT molecular complexity index is 653. The van der Waals surface area contributed by atoms with Gasteiger partial charge in [-0.3, -0.25) is 0 Å². The molecule has 4 heteroatoms. The Labute approximate surface area is 119 Å². The van der Waals surface area contributed by atoms with E-state index in [2.05, 4.69) is 15.9 Å². The van der Waals surface area contributed by atoms with E-state index in [0.29, 0.717) is 11.5 Å². The van der Waals surface area contributed by atoms with E-state index in [4.69, 9.17) is 10.00 Å². The van der Waals surface area contributed by atoms with E-state index in [-0.39, 0.29) is 5.56 Å². The third kappa shape index (κ3) is 3.12. The third-order valence-electron chi connectivity index (χ3n) is 2.65. The molecule has 0 amide bonds. The smallest absolute Gasteiger partial charge is 0.131 e. The minimum Gasteiger partial charge on any atom is -0.457 e. The molecule has 0 fully saturated rings. The topological polar surface area (TPSA) is 33.0 Å². The van der Waals surface area contributed by atoms with Gasteiger partial charge in [0.2, 0.25) is 0 Å². The molecule has 2 aromatic carbocycles. The summed E-state index contributed by atoms with van der Waals surface area (Å²) in [6.07, 6.45) is 0. The average Bonchev–Trinajstić information content (AvgIpc) is 2.35. The van der Waals surface area contributed by atoms with Gasteiger partial charge in [-0.1, -0.05) is 15.9 Å². The standard InChI is InChI=1S/C15H11BrFNO/c1-9-3-13(4-10(2)15(9)16)19-14-6-11(8-18)5-12(17)7-14/h3-7H,1-2H3. The van der Waals surface area contributed by atoms with E-state index in [9.17, 15) is 4.39 Å². The molecule has 0 saturated heterocycles. The largest absolute Gasteiger partial charge is 0.457 e. The van der Waals surface area contributed by atoms with Crippen molar-refractivity contribution >= 4 is 15.9 Å². The van der Waals surface area contributed by atoms with E-state index in [0.717, 1.165) is 15.6 Å². The van der Waals surface area contributed by atoms with Crippen molar-refractivity contribution in [1.29, 1.82) is 5.26 Å². The lowest BCUT2D eigenvalue weighted by Gasteiger charge is -2.10. The van der Waals surface area contributed by atoms with Crippen molar-refractivity contribution in [3.63, 3.8) is 0 Å². The molecule has 0 unspecified atom stereocenters. The van der Waals surface area contributed by atoms with Crippen LogP contribution in [0.1, 0.15) is 16.7 Å². The Hall–Kier alpha value is -1.86. The normalized spacial score (nSPS) is 10.1. The highest BCUT2D eigenvalue weighted by Gasteiger charge is 2.06. The Kier molecular flexibility index (Phi) is 3.87. The number of rotatable bonds is 2. The summed E-state index contributed by atoms with van der Waals surface area (Å²) in [6.45, 7) is 3.91. The van der Waals surface area contributed by atoms with Crippen LogP contribution in [0.4, 0.5) is 4.39 Å². The van der Waals surface area contributed by atoms with Crippen LogP contribution in [0, 0.1) is 31.0 Å². The zero-order valence-electron chi connectivity index (χ0n) is 10.5. The molecule has 0 aliphatic carbocycles. The van der Waals surface area contributed by atoms with Gasteiger partial charge in [0.1, 0.15) is 17.3 Å². The van der Waals surface area contributed by atoms with Crippen molar-refractivity contribution < 1.29 is 9.13 Å². The van der Waals surface area contributed by atoms with Crippen LogP contribution in [-0.4, -0.2) is 0 Å². The van der Waals surface area contributed by atoms with Gasteiger partial charge >= 0.3 is 0 Å². The van der Waals surface area contributed by atoms with Gasteiger partial charge in [-0.25, -0.2) is 4.39 Å². The lowest BCUT2D eigenvalue weighted by Crippen LogP contribution is -1.90. The molecule has 0 spiro atoms. The Balaban J connectivity index is 2.36. The van der Waals surface area contributed by atoms with E-state index in [1.807, 2.05) is 32.0 Å². The molecule has 19 heavy (non-hydrogen) atoms. The van der Waals surface area contributed by atoms with Crippen LogP contribution in [0.25, 0.3) is 0 Å². The highest BCUT2D eigenvalue weighted by molar-refractivity contribution is 9.10. The third-order valence-corrected chi connectivity index (χ3v) is 3.90. The molecule has 0 atom stereocenters. The maximum Gasteiger partial charge on any atom is 0.131 e. The predicted octanol–water partition coefficient (Wildman–Crippen LogP) is 4.87. The summed E-state index contributed by atoms with van der Waals surface area (Å²) >= 11 is 3.47. The van der Waals surface area contributed by atoms with Crippen LogP contribution < -0.4 is 4.74 Å². The highest BCUT2D eigenvalue weighted by atomic mass is 79.9. The van der Waals surface area contributed by atoms with Gasteiger partial charge in [0.25, 0.3) is 0 Å². The fraction of sp³-hybridized carbons (Fsp3) is 0.133. The number of aryl methyl sites for hydroxylation is 2. The summed E-state index contributed by atoms with van der Waals surface area (Å²) in [5, 5.41) is 8.80. The van der Waals surface area contributed by atoms with Gasteiger partial charge in [-0.15, -0.1) is 0 Å². The zero-order chi connectivity index (χ0) is 14.0. The van der Waals surface area contributed by atoms with Crippen molar-refractivity contribution in [3.8, 4) is 17.6 Å². The SMILES string of the molecule is Cc1cc(Oc2cc(F)cc(C#N)c2)cc(C)c1Br. The Morgan fingerprint density at radius 3 is 2.21 bits per heavy atom. The summed E-state index contributed by atoms with van der Waals surface area (Å²) in [5.41, 5.74) is 2.30. The number of benzene rings is 2. The second kappa shape index (κ2) is 5.41. The fourth-order valence-corrected chi connectivity index (χ4v) is 2.02. The highest BCUT2D eigenvalue weighted by Crippen LogP contribution is 2.30. The number of nitrogens with zero attached hydrogens (tertiary/aromatic N) is 1. The first-order valence-electron chi connectivity index (χ1n) is 5.65. The Morgan fingerprint density at radius 1 is 1.05 bits per heavy atom. The van der Waals surface area contributed by atoms with Crippen LogP contribution in [-0.2, 0) is 0 Å². The summed E-state index contributed by atoms with van der Waals surface area (Å²) in [4.78, 5) is 0. The van der Waals surface area contributed by atoms with Crippen molar-refractivity contribution in [1.82, 2.24) is 0 Å². The van der Waals surface area contributed by atoms with E-state index in [1.54, 1.807) is 0 Å². The van der Waals surface area contributed by atoms with Crippen molar-refractivity contribution in [2.75, 3.05) is 0 Å².